The van der Waals surface area contributed by atoms with E-state index in [1.807, 2.05) is 13.8 Å². The molecule has 19 heavy (non-hydrogen) atoms. The van der Waals surface area contributed by atoms with Gasteiger partial charge in [-0.05, 0) is 19.9 Å². The normalized spacial score (nSPS) is 10.0. The summed E-state index contributed by atoms with van der Waals surface area (Å²) in [5, 5.41) is 10.6. The van der Waals surface area contributed by atoms with E-state index in [-0.39, 0.29) is 12.6 Å². The highest BCUT2D eigenvalue weighted by atomic mass is 16.5. The van der Waals surface area contributed by atoms with Crippen LogP contribution in [0.15, 0.2) is 12.3 Å². The molecular formula is C12H16N4O3. The maximum absolute atomic E-state index is 11.8. The van der Waals surface area contributed by atoms with Crippen molar-refractivity contribution in [3.05, 3.63) is 18.0 Å². The monoisotopic (exact) mass is 264 g/mol. The van der Waals surface area contributed by atoms with E-state index in [9.17, 15) is 9.59 Å². The van der Waals surface area contributed by atoms with Gasteiger partial charge in [-0.1, -0.05) is 0 Å². The highest BCUT2D eigenvalue weighted by Crippen LogP contribution is 2.17. The SMILES string of the molecule is CC(C)n1cc(N)cc1C(=O)OCC(=O)NCC#N. The van der Waals surface area contributed by atoms with Gasteiger partial charge in [-0.25, -0.2) is 4.79 Å². The van der Waals surface area contributed by atoms with E-state index in [0.717, 1.165) is 0 Å². The number of amides is 1. The van der Waals surface area contributed by atoms with Crippen molar-refractivity contribution in [2.75, 3.05) is 18.9 Å². The summed E-state index contributed by atoms with van der Waals surface area (Å²) in [5.41, 5.74) is 6.38. The number of nitrogens with two attached hydrogens (primary N) is 1. The van der Waals surface area contributed by atoms with E-state index < -0.39 is 18.5 Å². The fraction of sp³-hybridized carbons (Fsp3) is 0.417. The van der Waals surface area contributed by atoms with Gasteiger partial charge >= 0.3 is 5.97 Å². The molecule has 1 heterocycles. The van der Waals surface area contributed by atoms with Crippen LogP contribution in [0.3, 0.4) is 0 Å². The van der Waals surface area contributed by atoms with Crippen molar-refractivity contribution in [1.29, 1.82) is 5.26 Å². The molecular weight excluding hydrogens is 248 g/mol. The van der Waals surface area contributed by atoms with Gasteiger partial charge in [0.05, 0.1) is 11.8 Å². The third kappa shape index (κ3) is 4.03. The van der Waals surface area contributed by atoms with Gasteiger partial charge < -0.3 is 20.4 Å². The van der Waals surface area contributed by atoms with Gasteiger partial charge in [-0.3, -0.25) is 4.79 Å². The minimum absolute atomic E-state index is 0.0484. The Morgan fingerprint density at radius 3 is 2.84 bits per heavy atom. The molecule has 7 heteroatoms. The number of carbonyl (C=O) groups is 2. The van der Waals surface area contributed by atoms with Gasteiger partial charge in [-0.15, -0.1) is 0 Å². The molecule has 0 aliphatic heterocycles. The van der Waals surface area contributed by atoms with Crippen LogP contribution in [0.4, 0.5) is 5.69 Å². The van der Waals surface area contributed by atoms with Crippen molar-refractivity contribution in [3.8, 4) is 6.07 Å². The van der Waals surface area contributed by atoms with Gasteiger partial charge in [0, 0.05) is 12.2 Å². The zero-order valence-corrected chi connectivity index (χ0v) is 10.8. The Morgan fingerprint density at radius 2 is 2.26 bits per heavy atom. The molecule has 0 fully saturated rings. The largest absolute Gasteiger partial charge is 0.451 e. The first-order valence-electron chi connectivity index (χ1n) is 5.73. The van der Waals surface area contributed by atoms with E-state index in [1.54, 1.807) is 16.8 Å². The van der Waals surface area contributed by atoms with Crippen LogP contribution in [0, 0.1) is 11.3 Å². The van der Waals surface area contributed by atoms with Gasteiger partial charge in [-0.2, -0.15) is 5.26 Å². The molecule has 3 N–H and O–H groups in total. The van der Waals surface area contributed by atoms with E-state index in [2.05, 4.69) is 5.32 Å². The molecule has 1 amide bonds. The van der Waals surface area contributed by atoms with Gasteiger partial charge in [0.15, 0.2) is 6.61 Å². The Kier molecular flexibility index (Phi) is 4.94. The number of nitrogen functional groups attached to an aromatic ring is 1. The second kappa shape index (κ2) is 6.44. The summed E-state index contributed by atoms with van der Waals surface area (Å²) >= 11 is 0. The number of esters is 1. The molecule has 0 radical (unpaired) electrons. The summed E-state index contributed by atoms with van der Waals surface area (Å²) < 4.78 is 6.53. The molecule has 0 spiro atoms. The summed E-state index contributed by atoms with van der Waals surface area (Å²) in [5.74, 6) is -1.15. The number of carbonyl (C=O) groups excluding carboxylic acids is 2. The van der Waals surface area contributed by atoms with Crippen LogP contribution < -0.4 is 11.1 Å². The smallest absolute Gasteiger partial charge is 0.355 e. The number of nitriles is 1. The summed E-state index contributed by atoms with van der Waals surface area (Å²) in [6, 6.07) is 3.30. The van der Waals surface area contributed by atoms with Gasteiger partial charge in [0.2, 0.25) is 0 Å². The average Bonchev–Trinajstić information content (AvgIpc) is 2.75. The first-order valence-corrected chi connectivity index (χ1v) is 5.73. The van der Waals surface area contributed by atoms with E-state index in [1.165, 1.54) is 6.07 Å². The van der Waals surface area contributed by atoms with E-state index in [0.29, 0.717) is 11.4 Å². The molecule has 102 valence electrons. The molecule has 0 aliphatic rings. The molecule has 1 aromatic heterocycles. The van der Waals surface area contributed by atoms with Crippen LogP contribution in [0.25, 0.3) is 0 Å². The van der Waals surface area contributed by atoms with Crippen LogP contribution in [0.1, 0.15) is 30.4 Å². The van der Waals surface area contributed by atoms with Crippen molar-refractivity contribution in [3.63, 3.8) is 0 Å². The quantitative estimate of drug-likeness (QED) is 0.592. The van der Waals surface area contributed by atoms with Gasteiger partial charge in [0.25, 0.3) is 5.91 Å². The van der Waals surface area contributed by atoms with Crippen molar-refractivity contribution >= 4 is 17.6 Å². The summed E-state index contributed by atoms with van der Waals surface area (Å²) in [4.78, 5) is 23.0. The number of hydrogen-bond donors (Lipinski definition) is 2. The minimum Gasteiger partial charge on any atom is -0.451 e. The predicted molar refractivity (Wildman–Crippen MR) is 68.1 cm³/mol. The number of nitrogens with one attached hydrogen (secondary N) is 1. The molecule has 0 saturated carbocycles. The van der Waals surface area contributed by atoms with Crippen molar-refractivity contribution in [2.24, 2.45) is 0 Å². The number of nitrogens with zero attached hydrogens (tertiary/aromatic N) is 2. The van der Waals surface area contributed by atoms with Crippen molar-refractivity contribution < 1.29 is 14.3 Å². The maximum Gasteiger partial charge on any atom is 0.355 e. The Bertz CT molecular complexity index is 514. The Morgan fingerprint density at radius 1 is 1.58 bits per heavy atom. The van der Waals surface area contributed by atoms with Crippen LogP contribution in [0.5, 0.6) is 0 Å². The number of aromatic nitrogens is 1. The topological polar surface area (TPSA) is 110 Å². The lowest BCUT2D eigenvalue weighted by atomic mass is 10.3. The highest BCUT2D eigenvalue weighted by molar-refractivity contribution is 5.91. The Balaban J connectivity index is 2.64. The molecule has 0 aliphatic carbocycles. The number of rotatable bonds is 5. The second-order valence-electron chi connectivity index (χ2n) is 4.17. The molecule has 0 aromatic carbocycles. The zero-order chi connectivity index (χ0) is 14.4. The fourth-order valence-corrected chi connectivity index (χ4v) is 1.49. The predicted octanol–water partition coefficient (Wildman–Crippen LogP) is 0.448. The van der Waals surface area contributed by atoms with E-state index in [4.69, 9.17) is 15.7 Å². The average molecular weight is 264 g/mol. The zero-order valence-electron chi connectivity index (χ0n) is 10.8. The fourth-order valence-electron chi connectivity index (χ4n) is 1.49. The molecule has 1 rings (SSSR count). The van der Waals surface area contributed by atoms with Crippen LogP contribution in [0.2, 0.25) is 0 Å². The first kappa shape index (κ1) is 14.6. The van der Waals surface area contributed by atoms with E-state index >= 15 is 0 Å². The van der Waals surface area contributed by atoms with Crippen molar-refractivity contribution in [2.45, 2.75) is 19.9 Å². The Hall–Kier alpha value is -2.49. The molecule has 7 nitrogen and oxygen atoms in total. The highest BCUT2D eigenvalue weighted by Gasteiger charge is 2.17. The maximum atomic E-state index is 11.8. The number of anilines is 1. The van der Waals surface area contributed by atoms with Crippen molar-refractivity contribution in [1.82, 2.24) is 9.88 Å². The van der Waals surface area contributed by atoms with Crippen LogP contribution in [-0.4, -0.2) is 29.6 Å². The summed E-state index contributed by atoms with van der Waals surface area (Å²) in [6.07, 6.45) is 1.64. The summed E-state index contributed by atoms with van der Waals surface area (Å²) in [7, 11) is 0. The molecule has 0 unspecified atom stereocenters. The molecule has 0 bridgehead atoms. The lowest BCUT2D eigenvalue weighted by Crippen LogP contribution is -2.29. The Labute approximate surface area is 110 Å². The standard InChI is InChI=1S/C12H16N4O3/c1-8(2)16-6-9(14)5-10(16)12(18)19-7-11(17)15-4-3-13/h5-6,8H,4,7,14H2,1-2H3,(H,15,17). The van der Waals surface area contributed by atoms with Crippen LogP contribution in [-0.2, 0) is 9.53 Å². The first-order chi connectivity index (χ1) is 8.95. The van der Waals surface area contributed by atoms with Gasteiger partial charge in [0.1, 0.15) is 12.2 Å². The lowest BCUT2D eigenvalue weighted by Gasteiger charge is -2.11. The summed E-state index contributed by atoms with van der Waals surface area (Å²) in [6.45, 7) is 3.25. The molecule has 0 saturated heterocycles. The number of ether oxygens (including phenoxy) is 1. The van der Waals surface area contributed by atoms with Crippen LogP contribution >= 0.6 is 0 Å². The third-order valence-electron chi connectivity index (χ3n) is 2.33. The lowest BCUT2D eigenvalue weighted by molar-refractivity contribution is -0.124. The third-order valence-corrected chi connectivity index (χ3v) is 2.33. The second-order valence-corrected chi connectivity index (χ2v) is 4.17. The molecule has 1 aromatic rings. The minimum atomic E-state index is -0.627. The number of hydrogen-bond acceptors (Lipinski definition) is 5. The molecule has 0 atom stereocenters.